The molecule has 3 rings (SSSR count). The van der Waals surface area contributed by atoms with Crippen LogP contribution in [0.2, 0.25) is 5.22 Å². The molecule has 106 valence electrons. The Bertz CT molecular complexity index is 811. The molecule has 0 fully saturated rings. The van der Waals surface area contributed by atoms with Crippen LogP contribution in [0.5, 0.6) is 0 Å². The molecular weight excluding hydrogens is 288 g/mol. The molecule has 0 bridgehead atoms. The van der Waals surface area contributed by atoms with Gasteiger partial charge >= 0.3 is 0 Å². The van der Waals surface area contributed by atoms with Crippen LogP contribution < -0.4 is 11.1 Å². The van der Waals surface area contributed by atoms with Gasteiger partial charge in [0.05, 0.1) is 0 Å². The zero-order chi connectivity index (χ0) is 14.8. The molecule has 0 saturated carbocycles. The Morgan fingerprint density at radius 1 is 1.19 bits per heavy atom. The van der Waals surface area contributed by atoms with E-state index in [1.165, 1.54) is 0 Å². The van der Waals surface area contributed by atoms with E-state index in [0.29, 0.717) is 17.3 Å². The summed E-state index contributed by atoms with van der Waals surface area (Å²) in [4.78, 5) is 11.2. The van der Waals surface area contributed by atoms with Crippen molar-refractivity contribution < 1.29 is 9.21 Å². The van der Waals surface area contributed by atoms with Gasteiger partial charge in [0.2, 0.25) is 5.91 Å². The molecule has 0 aliphatic rings. The minimum Gasteiger partial charge on any atom is -0.444 e. The number of rotatable bonds is 4. The molecule has 0 aliphatic heterocycles. The number of nitrogens with two attached hydrogens (primary N) is 1. The van der Waals surface area contributed by atoms with Gasteiger partial charge in [0.1, 0.15) is 5.58 Å². The Balaban J connectivity index is 1.85. The highest BCUT2D eigenvalue weighted by molar-refractivity contribution is 6.30. The van der Waals surface area contributed by atoms with E-state index in [4.69, 9.17) is 21.8 Å². The van der Waals surface area contributed by atoms with Crippen LogP contribution >= 0.6 is 11.6 Å². The average molecular weight is 301 g/mol. The van der Waals surface area contributed by atoms with Crippen molar-refractivity contribution in [2.75, 3.05) is 5.32 Å². The van der Waals surface area contributed by atoms with Crippen LogP contribution in [0.4, 0.5) is 5.69 Å². The van der Waals surface area contributed by atoms with Crippen molar-refractivity contribution in [1.82, 2.24) is 0 Å². The first-order valence-corrected chi connectivity index (χ1v) is 6.82. The zero-order valence-electron chi connectivity index (χ0n) is 11.1. The first-order chi connectivity index (χ1) is 10.1. The number of benzene rings is 2. The van der Waals surface area contributed by atoms with E-state index < -0.39 is 5.91 Å². The second-order valence-corrected chi connectivity index (χ2v) is 4.99. The lowest BCUT2D eigenvalue weighted by molar-refractivity contribution is 0.100. The maximum atomic E-state index is 11.2. The molecule has 0 saturated heterocycles. The van der Waals surface area contributed by atoms with E-state index in [-0.39, 0.29) is 0 Å². The van der Waals surface area contributed by atoms with Gasteiger partial charge in [-0.15, -0.1) is 0 Å². The molecule has 1 heterocycles. The lowest BCUT2D eigenvalue weighted by Gasteiger charge is -2.06. The van der Waals surface area contributed by atoms with Crippen molar-refractivity contribution in [2.45, 2.75) is 6.54 Å². The molecule has 0 atom stereocenters. The van der Waals surface area contributed by atoms with Crippen LogP contribution in [0.1, 0.15) is 15.9 Å². The molecule has 0 radical (unpaired) electrons. The zero-order valence-corrected chi connectivity index (χ0v) is 11.9. The van der Waals surface area contributed by atoms with Crippen LogP contribution in [-0.2, 0) is 6.54 Å². The monoisotopic (exact) mass is 300 g/mol. The number of amides is 1. The largest absolute Gasteiger partial charge is 0.444 e. The number of nitrogens with one attached hydrogen (secondary N) is 1. The summed E-state index contributed by atoms with van der Waals surface area (Å²) in [7, 11) is 0. The molecular formula is C16H13ClN2O2. The van der Waals surface area contributed by atoms with E-state index in [1.54, 1.807) is 18.2 Å². The number of primary amides is 1. The Labute approximate surface area is 126 Å². The summed E-state index contributed by atoms with van der Waals surface area (Å²) in [6.45, 7) is 0.498. The number of carbonyl (C=O) groups excluding carboxylic acids is 1. The molecule has 0 spiro atoms. The maximum Gasteiger partial charge on any atom is 0.248 e. The summed E-state index contributed by atoms with van der Waals surface area (Å²) in [6.07, 6.45) is 0. The standard InChI is InChI=1S/C16H13ClN2O2/c17-15-13(12-6-1-2-7-14(12)21-15)9-19-11-5-3-4-10(8-11)16(18)20/h1-8,19H,9H2,(H2,18,20). The molecule has 5 heteroatoms. The smallest absolute Gasteiger partial charge is 0.248 e. The van der Waals surface area contributed by atoms with E-state index in [1.807, 2.05) is 30.3 Å². The van der Waals surface area contributed by atoms with Crippen molar-refractivity contribution in [2.24, 2.45) is 5.73 Å². The predicted octanol–water partition coefficient (Wildman–Crippen LogP) is 3.80. The number of halogens is 1. The number of fused-ring (bicyclic) bond motifs is 1. The third kappa shape index (κ3) is 2.71. The Kier molecular flexibility index (Phi) is 3.54. The SMILES string of the molecule is NC(=O)c1cccc(NCc2c(Cl)oc3ccccc23)c1. The predicted molar refractivity (Wildman–Crippen MR) is 83.5 cm³/mol. The summed E-state index contributed by atoms with van der Waals surface area (Å²) in [5.74, 6) is -0.453. The van der Waals surface area contributed by atoms with E-state index >= 15 is 0 Å². The number of furan rings is 1. The van der Waals surface area contributed by atoms with Crippen molar-refractivity contribution in [1.29, 1.82) is 0 Å². The number of anilines is 1. The Morgan fingerprint density at radius 2 is 2.00 bits per heavy atom. The number of hydrogen-bond donors (Lipinski definition) is 2. The van der Waals surface area contributed by atoms with Gasteiger partial charge in [0.25, 0.3) is 0 Å². The number of carbonyl (C=O) groups is 1. The van der Waals surface area contributed by atoms with Crippen LogP contribution in [0.25, 0.3) is 11.0 Å². The van der Waals surface area contributed by atoms with Gasteiger partial charge in [-0.05, 0) is 35.9 Å². The lowest BCUT2D eigenvalue weighted by Crippen LogP contribution is -2.11. The highest BCUT2D eigenvalue weighted by Gasteiger charge is 2.11. The van der Waals surface area contributed by atoms with E-state index in [0.717, 1.165) is 22.2 Å². The van der Waals surface area contributed by atoms with E-state index in [2.05, 4.69) is 5.32 Å². The quantitative estimate of drug-likeness (QED) is 0.770. The van der Waals surface area contributed by atoms with Crippen LogP contribution in [0.3, 0.4) is 0 Å². The second-order valence-electron chi connectivity index (χ2n) is 4.65. The van der Waals surface area contributed by atoms with Gasteiger partial charge in [-0.3, -0.25) is 4.79 Å². The summed E-state index contributed by atoms with van der Waals surface area (Å²) < 4.78 is 5.50. The highest BCUT2D eigenvalue weighted by Crippen LogP contribution is 2.30. The fourth-order valence-electron chi connectivity index (χ4n) is 2.21. The minimum absolute atomic E-state index is 0.370. The summed E-state index contributed by atoms with van der Waals surface area (Å²) in [5, 5.41) is 4.57. The fraction of sp³-hybridized carbons (Fsp3) is 0.0625. The summed E-state index contributed by atoms with van der Waals surface area (Å²) in [6, 6.07) is 14.7. The number of para-hydroxylation sites is 1. The molecule has 21 heavy (non-hydrogen) atoms. The molecule has 3 aromatic rings. The second kappa shape index (κ2) is 5.50. The highest BCUT2D eigenvalue weighted by atomic mass is 35.5. The van der Waals surface area contributed by atoms with Gasteiger partial charge in [-0.1, -0.05) is 24.3 Å². The lowest BCUT2D eigenvalue weighted by atomic mass is 10.1. The fourth-order valence-corrected chi connectivity index (χ4v) is 2.46. The normalized spacial score (nSPS) is 10.7. The molecule has 4 nitrogen and oxygen atoms in total. The number of hydrogen-bond acceptors (Lipinski definition) is 3. The molecule has 0 aliphatic carbocycles. The molecule has 1 aromatic heterocycles. The summed E-state index contributed by atoms with van der Waals surface area (Å²) in [5.41, 5.74) is 8.17. The Hall–Kier alpha value is -2.46. The summed E-state index contributed by atoms with van der Waals surface area (Å²) >= 11 is 6.13. The third-order valence-electron chi connectivity index (χ3n) is 3.27. The van der Waals surface area contributed by atoms with Gasteiger partial charge in [0, 0.05) is 28.7 Å². The van der Waals surface area contributed by atoms with Gasteiger partial charge < -0.3 is 15.5 Å². The third-order valence-corrected chi connectivity index (χ3v) is 3.57. The van der Waals surface area contributed by atoms with Crippen molar-refractivity contribution in [3.8, 4) is 0 Å². The Morgan fingerprint density at radius 3 is 2.81 bits per heavy atom. The maximum absolute atomic E-state index is 11.2. The van der Waals surface area contributed by atoms with Crippen molar-refractivity contribution in [3.05, 3.63) is 64.9 Å². The molecule has 0 unspecified atom stereocenters. The molecule has 2 aromatic carbocycles. The van der Waals surface area contributed by atoms with Gasteiger partial charge in [-0.25, -0.2) is 0 Å². The molecule has 3 N–H and O–H groups in total. The average Bonchev–Trinajstić information content (AvgIpc) is 2.81. The first-order valence-electron chi connectivity index (χ1n) is 6.45. The first kappa shape index (κ1) is 13.5. The van der Waals surface area contributed by atoms with Gasteiger partial charge in [0.15, 0.2) is 5.22 Å². The van der Waals surface area contributed by atoms with Crippen LogP contribution in [0.15, 0.2) is 52.9 Å². The van der Waals surface area contributed by atoms with E-state index in [9.17, 15) is 4.79 Å². The van der Waals surface area contributed by atoms with Crippen LogP contribution in [0, 0.1) is 0 Å². The van der Waals surface area contributed by atoms with Gasteiger partial charge in [-0.2, -0.15) is 0 Å². The topological polar surface area (TPSA) is 68.3 Å². The van der Waals surface area contributed by atoms with Crippen molar-refractivity contribution >= 4 is 34.2 Å². The minimum atomic E-state index is -0.453. The molecule has 1 amide bonds. The van der Waals surface area contributed by atoms with Crippen LogP contribution in [-0.4, -0.2) is 5.91 Å². The van der Waals surface area contributed by atoms with Crippen molar-refractivity contribution in [3.63, 3.8) is 0 Å².